The molecule has 0 aliphatic carbocycles. The Kier molecular flexibility index (Phi) is 6.37. The van der Waals surface area contributed by atoms with Crippen LogP contribution in [0, 0.1) is 0 Å². The van der Waals surface area contributed by atoms with Crippen LogP contribution in [0.25, 0.3) is 0 Å². The van der Waals surface area contributed by atoms with Gasteiger partial charge in [-0.05, 0) is 51.6 Å². The van der Waals surface area contributed by atoms with Crippen molar-refractivity contribution in [2.75, 3.05) is 20.5 Å². The van der Waals surface area contributed by atoms with E-state index in [1.807, 2.05) is 0 Å². The summed E-state index contributed by atoms with van der Waals surface area (Å²) in [4.78, 5) is 0. The van der Waals surface area contributed by atoms with Gasteiger partial charge in [-0.25, -0.2) is 0 Å². The molecule has 140 valence electrons. The summed E-state index contributed by atoms with van der Waals surface area (Å²) in [6.45, 7) is 13.7. The van der Waals surface area contributed by atoms with E-state index in [1.54, 1.807) is 7.11 Å². The second kappa shape index (κ2) is 7.79. The molecule has 1 aromatic carbocycles. The smallest absolute Gasteiger partial charge is 0.399 e. The summed E-state index contributed by atoms with van der Waals surface area (Å²) in [5, 5.41) is 0. The molecule has 25 heavy (non-hydrogen) atoms. The molecule has 0 unspecified atom stereocenters. The van der Waals surface area contributed by atoms with Gasteiger partial charge >= 0.3 is 7.12 Å². The van der Waals surface area contributed by atoms with E-state index in [9.17, 15) is 0 Å². The third kappa shape index (κ3) is 3.95. The molecule has 5 heteroatoms. The monoisotopic (exact) mass is 348 g/mol. The number of methoxy groups -OCH3 is 1. The minimum Gasteiger partial charge on any atom is -0.399 e. The van der Waals surface area contributed by atoms with Crippen LogP contribution >= 0.6 is 0 Å². The number of rotatable bonds is 8. The van der Waals surface area contributed by atoms with Crippen LogP contribution in [-0.2, 0) is 24.2 Å². The van der Waals surface area contributed by atoms with Crippen LogP contribution < -0.4 is 5.46 Å². The minimum atomic E-state index is -0.360. The standard InChI is InChI=1S/C20H33BO4/c1-8-20(9-2,14-23-15-22-7)16-12-10-11-13-17(16)21-24-18(3,4)19(5,6)25-21/h10-13H,8-9,14-15H2,1-7H3. The van der Waals surface area contributed by atoms with Crippen LogP contribution in [0.2, 0.25) is 0 Å². The Labute approximate surface area is 153 Å². The molecule has 1 aromatic rings. The minimum absolute atomic E-state index is 0.0846. The molecular formula is C20H33BO4. The van der Waals surface area contributed by atoms with Gasteiger partial charge in [-0.3, -0.25) is 0 Å². The van der Waals surface area contributed by atoms with E-state index in [1.165, 1.54) is 5.56 Å². The first-order chi connectivity index (χ1) is 11.7. The maximum Gasteiger partial charge on any atom is 0.495 e. The van der Waals surface area contributed by atoms with Gasteiger partial charge in [0.1, 0.15) is 6.79 Å². The van der Waals surface area contributed by atoms with Crippen molar-refractivity contribution in [3.63, 3.8) is 0 Å². The number of hydrogen-bond acceptors (Lipinski definition) is 4. The van der Waals surface area contributed by atoms with Gasteiger partial charge < -0.3 is 18.8 Å². The van der Waals surface area contributed by atoms with Crippen molar-refractivity contribution in [2.24, 2.45) is 0 Å². The fourth-order valence-electron chi connectivity index (χ4n) is 3.39. The van der Waals surface area contributed by atoms with E-state index >= 15 is 0 Å². The Balaban J connectivity index is 2.39. The molecule has 0 radical (unpaired) electrons. The van der Waals surface area contributed by atoms with Gasteiger partial charge in [-0.1, -0.05) is 38.1 Å². The lowest BCUT2D eigenvalue weighted by Crippen LogP contribution is -2.43. The summed E-state index contributed by atoms with van der Waals surface area (Å²) in [7, 11) is 1.29. The first kappa shape index (κ1) is 20.4. The maximum absolute atomic E-state index is 6.31. The van der Waals surface area contributed by atoms with E-state index < -0.39 is 0 Å². The molecule has 1 heterocycles. The summed E-state index contributed by atoms with van der Waals surface area (Å²) in [5.74, 6) is 0. The number of hydrogen-bond donors (Lipinski definition) is 0. The summed E-state index contributed by atoms with van der Waals surface area (Å²) >= 11 is 0. The molecule has 0 amide bonds. The van der Waals surface area contributed by atoms with Gasteiger partial charge in [0, 0.05) is 12.5 Å². The quantitative estimate of drug-likeness (QED) is 0.408. The van der Waals surface area contributed by atoms with E-state index in [0.717, 1.165) is 18.3 Å². The lowest BCUT2D eigenvalue weighted by molar-refractivity contribution is -0.0508. The summed E-state index contributed by atoms with van der Waals surface area (Å²) in [6.07, 6.45) is 1.95. The van der Waals surface area contributed by atoms with Crippen LogP contribution in [0.3, 0.4) is 0 Å². The van der Waals surface area contributed by atoms with Crippen molar-refractivity contribution in [3.05, 3.63) is 29.8 Å². The van der Waals surface area contributed by atoms with Gasteiger partial charge in [-0.15, -0.1) is 0 Å². The summed E-state index contributed by atoms with van der Waals surface area (Å²) in [5.41, 5.74) is 1.57. The third-order valence-electron chi connectivity index (χ3n) is 5.97. The van der Waals surface area contributed by atoms with Crippen LogP contribution in [0.1, 0.15) is 59.9 Å². The molecule has 0 N–H and O–H groups in total. The fraction of sp³-hybridized carbons (Fsp3) is 0.700. The first-order valence-electron chi connectivity index (χ1n) is 9.24. The zero-order valence-corrected chi connectivity index (χ0v) is 16.8. The molecule has 0 aromatic heterocycles. The van der Waals surface area contributed by atoms with Gasteiger partial charge in [-0.2, -0.15) is 0 Å². The van der Waals surface area contributed by atoms with Crippen molar-refractivity contribution >= 4 is 12.6 Å². The lowest BCUT2D eigenvalue weighted by Gasteiger charge is -2.34. The van der Waals surface area contributed by atoms with Crippen LogP contribution in [0.5, 0.6) is 0 Å². The first-order valence-corrected chi connectivity index (χ1v) is 9.24. The zero-order valence-electron chi connectivity index (χ0n) is 16.8. The molecule has 0 bridgehead atoms. The average molecular weight is 348 g/mol. The highest BCUT2D eigenvalue weighted by Gasteiger charge is 2.53. The van der Waals surface area contributed by atoms with Crippen molar-refractivity contribution in [3.8, 4) is 0 Å². The molecule has 1 saturated heterocycles. The maximum atomic E-state index is 6.31. The highest BCUT2D eigenvalue weighted by molar-refractivity contribution is 6.62. The van der Waals surface area contributed by atoms with Crippen molar-refractivity contribution in [1.82, 2.24) is 0 Å². The Bertz CT molecular complexity index is 551. The van der Waals surface area contributed by atoms with Gasteiger partial charge in [0.05, 0.1) is 17.8 Å². The second-order valence-electron chi connectivity index (χ2n) is 7.92. The van der Waals surface area contributed by atoms with Crippen molar-refractivity contribution in [2.45, 2.75) is 71.0 Å². The van der Waals surface area contributed by atoms with Crippen LogP contribution in [-0.4, -0.2) is 38.8 Å². The summed E-state index contributed by atoms with van der Waals surface area (Å²) < 4.78 is 23.5. The van der Waals surface area contributed by atoms with E-state index in [2.05, 4.69) is 65.8 Å². The Morgan fingerprint density at radius 1 is 1.00 bits per heavy atom. The lowest BCUT2D eigenvalue weighted by atomic mass is 9.66. The highest BCUT2D eigenvalue weighted by atomic mass is 16.7. The fourth-order valence-corrected chi connectivity index (χ4v) is 3.39. The molecule has 1 aliphatic heterocycles. The summed E-state index contributed by atoms with van der Waals surface area (Å²) in [6, 6.07) is 8.44. The SMILES string of the molecule is CCC(CC)(COCOC)c1ccccc1B1OC(C)(C)C(C)(C)O1. The molecule has 0 atom stereocenters. The van der Waals surface area contributed by atoms with Crippen molar-refractivity contribution < 1.29 is 18.8 Å². The second-order valence-corrected chi connectivity index (χ2v) is 7.92. The average Bonchev–Trinajstić information content (AvgIpc) is 2.80. The molecule has 0 saturated carbocycles. The third-order valence-corrected chi connectivity index (χ3v) is 5.97. The van der Waals surface area contributed by atoms with Crippen LogP contribution in [0.15, 0.2) is 24.3 Å². The molecular weight excluding hydrogens is 315 g/mol. The van der Waals surface area contributed by atoms with Gasteiger partial charge in [0.2, 0.25) is 0 Å². The predicted molar refractivity (Wildman–Crippen MR) is 102 cm³/mol. The normalized spacial score (nSPS) is 19.4. The van der Waals surface area contributed by atoms with E-state index in [4.69, 9.17) is 18.8 Å². The van der Waals surface area contributed by atoms with Gasteiger partial charge in [0.25, 0.3) is 0 Å². The Hall–Kier alpha value is -0.875. The number of benzene rings is 1. The molecule has 4 nitrogen and oxygen atoms in total. The molecule has 1 aliphatic rings. The van der Waals surface area contributed by atoms with E-state index in [0.29, 0.717) is 13.4 Å². The topological polar surface area (TPSA) is 36.9 Å². The van der Waals surface area contributed by atoms with E-state index in [-0.39, 0.29) is 23.7 Å². The zero-order chi connectivity index (χ0) is 18.7. The predicted octanol–water partition coefficient (Wildman–Crippen LogP) is 3.66. The van der Waals surface area contributed by atoms with Crippen molar-refractivity contribution in [1.29, 1.82) is 0 Å². The largest absolute Gasteiger partial charge is 0.495 e. The number of ether oxygens (including phenoxy) is 2. The molecule has 2 rings (SSSR count). The van der Waals surface area contributed by atoms with Crippen LogP contribution in [0.4, 0.5) is 0 Å². The van der Waals surface area contributed by atoms with Gasteiger partial charge in [0.15, 0.2) is 0 Å². The Morgan fingerprint density at radius 2 is 1.56 bits per heavy atom. The molecule has 1 fully saturated rings. The molecule has 0 spiro atoms. The highest BCUT2D eigenvalue weighted by Crippen LogP contribution is 2.38. The Morgan fingerprint density at radius 3 is 2.08 bits per heavy atom.